The first kappa shape index (κ1) is 19.0. The third-order valence-electron chi connectivity index (χ3n) is 4.85. The van der Waals surface area contributed by atoms with Crippen LogP contribution in [0.2, 0.25) is 0 Å². The Morgan fingerprint density at radius 2 is 1.58 bits per heavy atom. The van der Waals surface area contributed by atoms with Crippen LogP contribution in [0, 0.1) is 13.8 Å². The van der Waals surface area contributed by atoms with Gasteiger partial charge in [0, 0.05) is 13.1 Å². The van der Waals surface area contributed by atoms with Gasteiger partial charge in [0.1, 0.15) is 0 Å². The molecule has 1 aliphatic heterocycles. The van der Waals surface area contributed by atoms with Crippen molar-refractivity contribution in [2.75, 3.05) is 13.6 Å². The molecule has 2 aromatic carbocycles. The van der Waals surface area contributed by atoms with E-state index in [-0.39, 0.29) is 16.3 Å². The van der Waals surface area contributed by atoms with Crippen molar-refractivity contribution in [1.29, 1.82) is 0 Å². The van der Waals surface area contributed by atoms with Crippen LogP contribution in [-0.4, -0.2) is 34.7 Å². The van der Waals surface area contributed by atoms with Gasteiger partial charge < -0.3 is 0 Å². The maximum absolute atomic E-state index is 13.0. The summed E-state index contributed by atoms with van der Waals surface area (Å²) in [4.78, 5) is 0.409. The molecule has 6 nitrogen and oxygen atoms in total. The van der Waals surface area contributed by atoms with Crippen molar-refractivity contribution >= 4 is 20.0 Å². The number of rotatable bonds is 4. The van der Waals surface area contributed by atoms with Crippen LogP contribution in [0.15, 0.2) is 46.2 Å². The lowest BCUT2D eigenvalue weighted by atomic mass is 10.0. The summed E-state index contributed by atoms with van der Waals surface area (Å²) in [7, 11) is -5.84. The highest BCUT2D eigenvalue weighted by atomic mass is 32.2. The van der Waals surface area contributed by atoms with Gasteiger partial charge in [-0.3, -0.25) is 0 Å². The van der Waals surface area contributed by atoms with Gasteiger partial charge >= 0.3 is 0 Å². The maximum atomic E-state index is 13.0. The van der Waals surface area contributed by atoms with Gasteiger partial charge in [0.25, 0.3) is 0 Å². The first-order chi connectivity index (χ1) is 12.1. The lowest BCUT2D eigenvalue weighted by Gasteiger charge is -2.28. The highest BCUT2D eigenvalue weighted by molar-refractivity contribution is 7.89. The first-order valence-corrected chi connectivity index (χ1v) is 11.2. The number of benzene rings is 2. The van der Waals surface area contributed by atoms with E-state index in [1.165, 1.54) is 11.4 Å². The Morgan fingerprint density at radius 3 is 2.23 bits per heavy atom. The molecule has 26 heavy (non-hydrogen) atoms. The number of nitrogens with one attached hydrogen (secondary N) is 1. The lowest BCUT2D eigenvalue weighted by molar-refractivity contribution is 0.391. The monoisotopic (exact) mass is 394 g/mol. The molecule has 140 valence electrons. The minimum Gasteiger partial charge on any atom is -0.214 e. The molecule has 0 aliphatic carbocycles. The van der Waals surface area contributed by atoms with Crippen LogP contribution in [0.1, 0.15) is 22.3 Å². The van der Waals surface area contributed by atoms with Crippen molar-refractivity contribution in [1.82, 2.24) is 9.03 Å². The van der Waals surface area contributed by atoms with Crippen LogP contribution < -0.4 is 4.72 Å². The Labute approximate surface area is 155 Å². The van der Waals surface area contributed by atoms with Crippen molar-refractivity contribution in [2.24, 2.45) is 0 Å². The summed E-state index contributed by atoms with van der Waals surface area (Å²) in [6, 6.07) is 9.98. The van der Waals surface area contributed by atoms with Gasteiger partial charge in [-0.05, 0) is 73.8 Å². The van der Waals surface area contributed by atoms with Crippen molar-refractivity contribution < 1.29 is 16.8 Å². The normalized spacial score (nSPS) is 15.7. The summed E-state index contributed by atoms with van der Waals surface area (Å²) < 4.78 is 53.7. The standard InChI is InChI=1S/C18H22N2O4S2/c1-13-4-6-18(10-14(13)2)26(23,24)20-9-8-15-5-7-17(11-16(15)12-20)25(21,22)19-3/h4-7,10-11,19H,8-9,12H2,1-3H3. The van der Waals surface area contributed by atoms with Gasteiger partial charge in [0.2, 0.25) is 20.0 Å². The Balaban J connectivity index is 1.96. The Kier molecular flexibility index (Phi) is 4.96. The topological polar surface area (TPSA) is 83.6 Å². The third-order valence-corrected chi connectivity index (χ3v) is 8.10. The molecule has 0 fully saturated rings. The molecule has 0 spiro atoms. The molecule has 0 aromatic heterocycles. The van der Waals surface area contributed by atoms with Gasteiger partial charge in [0.05, 0.1) is 9.79 Å². The molecule has 1 aliphatic rings. The number of fused-ring (bicyclic) bond motifs is 1. The minimum absolute atomic E-state index is 0.143. The molecule has 0 bridgehead atoms. The zero-order valence-corrected chi connectivity index (χ0v) is 16.6. The molecule has 0 atom stereocenters. The van der Waals surface area contributed by atoms with Gasteiger partial charge in [-0.1, -0.05) is 12.1 Å². The van der Waals surface area contributed by atoms with E-state index in [2.05, 4.69) is 4.72 Å². The largest absolute Gasteiger partial charge is 0.243 e. The fourth-order valence-electron chi connectivity index (χ4n) is 3.02. The molecule has 2 aromatic rings. The third kappa shape index (κ3) is 3.42. The molecule has 1 N–H and O–H groups in total. The van der Waals surface area contributed by atoms with E-state index in [1.54, 1.807) is 36.4 Å². The summed E-state index contributed by atoms with van der Waals surface area (Å²) in [6.07, 6.45) is 0.555. The van der Waals surface area contributed by atoms with Crippen molar-refractivity contribution in [2.45, 2.75) is 36.6 Å². The van der Waals surface area contributed by atoms with E-state index in [0.717, 1.165) is 22.3 Å². The maximum Gasteiger partial charge on any atom is 0.243 e. The summed E-state index contributed by atoms with van der Waals surface area (Å²) in [6.45, 7) is 4.36. The SMILES string of the molecule is CNS(=O)(=O)c1ccc2c(c1)CN(S(=O)(=O)c1ccc(C)c(C)c1)CC2. The van der Waals surface area contributed by atoms with E-state index >= 15 is 0 Å². The molecular formula is C18H22N2O4S2. The fourth-order valence-corrected chi connectivity index (χ4v) is 5.31. The molecular weight excluding hydrogens is 372 g/mol. The quantitative estimate of drug-likeness (QED) is 0.859. The lowest BCUT2D eigenvalue weighted by Crippen LogP contribution is -2.36. The second-order valence-electron chi connectivity index (χ2n) is 6.47. The summed E-state index contributed by atoms with van der Waals surface area (Å²) >= 11 is 0. The molecule has 0 amide bonds. The van der Waals surface area contributed by atoms with Crippen LogP contribution in [0.4, 0.5) is 0 Å². The average Bonchev–Trinajstić information content (AvgIpc) is 2.62. The van der Waals surface area contributed by atoms with Crippen molar-refractivity contribution in [3.63, 3.8) is 0 Å². The van der Waals surface area contributed by atoms with Gasteiger partial charge in [0.15, 0.2) is 0 Å². The number of hydrogen-bond donors (Lipinski definition) is 1. The van der Waals surface area contributed by atoms with Crippen molar-refractivity contribution in [3.8, 4) is 0 Å². The molecule has 0 radical (unpaired) electrons. The van der Waals surface area contributed by atoms with Gasteiger partial charge in [-0.15, -0.1) is 0 Å². The number of nitrogens with zero attached hydrogens (tertiary/aromatic N) is 1. The van der Waals surface area contributed by atoms with Gasteiger partial charge in [-0.25, -0.2) is 21.6 Å². The Hall–Kier alpha value is -1.74. The van der Waals surface area contributed by atoms with Crippen LogP contribution >= 0.6 is 0 Å². The highest BCUT2D eigenvalue weighted by Gasteiger charge is 2.29. The average molecular weight is 395 g/mol. The van der Waals surface area contributed by atoms with E-state index in [4.69, 9.17) is 0 Å². The molecule has 8 heteroatoms. The second kappa shape index (κ2) is 6.77. The highest BCUT2D eigenvalue weighted by Crippen LogP contribution is 2.27. The molecule has 1 heterocycles. The van der Waals surface area contributed by atoms with E-state index in [9.17, 15) is 16.8 Å². The molecule has 0 saturated carbocycles. The summed E-state index contributed by atoms with van der Waals surface area (Å²) in [5, 5.41) is 0. The van der Waals surface area contributed by atoms with Crippen LogP contribution in [0.5, 0.6) is 0 Å². The Morgan fingerprint density at radius 1 is 0.885 bits per heavy atom. The number of aryl methyl sites for hydroxylation is 2. The van der Waals surface area contributed by atoms with E-state index in [1.807, 2.05) is 13.8 Å². The number of hydrogen-bond acceptors (Lipinski definition) is 4. The molecule has 0 saturated heterocycles. The second-order valence-corrected chi connectivity index (χ2v) is 10.3. The zero-order chi connectivity index (χ0) is 19.1. The number of sulfonamides is 2. The fraction of sp³-hybridized carbons (Fsp3) is 0.333. The minimum atomic E-state index is -3.63. The van der Waals surface area contributed by atoms with Crippen LogP contribution in [-0.2, 0) is 33.0 Å². The van der Waals surface area contributed by atoms with Gasteiger partial charge in [-0.2, -0.15) is 4.31 Å². The predicted octanol–water partition coefficient (Wildman–Crippen LogP) is 1.96. The van der Waals surface area contributed by atoms with E-state index < -0.39 is 20.0 Å². The molecule has 0 unspecified atom stereocenters. The first-order valence-electron chi connectivity index (χ1n) is 8.28. The molecule has 3 rings (SSSR count). The van der Waals surface area contributed by atoms with Crippen molar-refractivity contribution in [3.05, 3.63) is 58.7 Å². The Bertz CT molecular complexity index is 1060. The van der Waals surface area contributed by atoms with Crippen LogP contribution in [0.3, 0.4) is 0 Å². The smallest absolute Gasteiger partial charge is 0.214 e. The van der Waals surface area contributed by atoms with E-state index in [0.29, 0.717) is 13.0 Å². The zero-order valence-electron chi connectivity index (χ0n) is 15.0. The predicted molar refractivity (Wildman–Crippen MR) is 99.9 cm³/mol. The summed E-state index contributed by atoms with van der Waals surface area (Å²) in [5.41, 5.74) is 3.66. The van der Waals surface area contributed by atoms with Crippen LogP contribution in [0.25, 0.3) is 0 Å². The summed E-state index contributed by atoms with van der Waals surface area (Å²) in [5.74, 6) is 0.